The van der Waals surface area contributed by atoms with E-state index < -0.39 is 0 Å². The number of hydrogen-bond acceptors (Lipinski definition) is 2. The minimum atomic E-state index is 0.401. The number of hydrogen-bond donors (Lipinski definition) is 1. The van der Waals surface area contributed by atoms with E-state index >= 15 is 0 Å². The highest BCUT2D eigenvalue weighted by Gasteiger charge is 2.53. The van der Waals surface area contributed by atoms with Crippen LogP contribution in [0.2, 0.25) is 0 Å². The molecule has 3 rings (SSSR count). The highest BCUT2D eigenvalue weighted by Crippen LogP contribution is 2.54. The topological polar surface area (TPSA) is 29.3 Å². The second-order valence-corrected chi connectivity index (χ2v) is 7.54. The average Bonchev–Trinajstić information content (AvgIpc) is 3.00. The molecular weight excluding hydrogens is 220 g/mol. The lowest BCUT2D eigenvalue weighted by Crippen LogP contribution is -2.60. The fourth-order valence-electron chi connectivity index (χ4n) is 5.03. The first-order valence-electron chi connectivity index (χ1n) is 8.07. The maximum Gasteiger partial charge on any atom is 0.0362 e. The zero-order chi connectivity index (χ0) is 12.8. The third kappa shape index (κ3) is 1.84. The SMILES string of the molecule is CCC1(C)CCN(C2(CN)CC3CCC2C3)CC1. The van der Waals surface area contributed by atoms with Gasteiger partial charge in [0.15, 0.2) is 0 Å². The zero-order valence-corrected chi connectivity index (χ0v) is 12.3. The van der Waals surface area contributed by atoms with Gasteiger partial charge in [-0.2, -0.15) is 0 Å². The van der Waals surface area contributed by atoms with Gasteiger partial charge in [-0.25, -0.2) is 0 Å². The van der Waals surface area contributed by atoms with Crippen molar-refractivity contribution in [3.8, 4) is 0 Å². The standard InChI is InChI=1S/C16H30N2/c1-3-15(2)6-8-18(9-7-15)16(12-17)11-13-4-5-14(16)10-13/h13-14H,3-12,17H2,1-2H3. The van der Waals surface area contributed by atoms with Crippen molar-refractivity contribution in [3.63, 3.8) is 0 Å². The Hall–Kier alpha value is -0.0800. The van der Waals surface area contributed by atoms with Gasteiger partial charge in [-0.05, 0) is 62.4 Å². The van der Waals surface area contributed by atoms with Gasteiger partial charge in [0.1, 0.15) is 0 Å². The molecule has 0 aromatic rings. The zero-order valence-electron chi connectivity index (χ0n) is 12.3. The minimum Gasteiger partial charge on any atom is -0.329 e. The van der Waals surface area contributed by atoms with Gasteiger partial charge in [0.05, 0.1) is 0 Å². The summed E-state index contributed by atoms with van der Waals surface area (Å²) in [4.78, 5) is 2.80. The summed E-state index contributed by atoms with van der Waals surface area (Å²) in [6.45, 7) is 8.32. The molecule has 0 amide bonds. The van der Waals surface area contributed by atoms with Crippen LogP contribution >= 0.6 is 0 Å². The molecule has 0 aromatic carbocycles. The molecule has 2 bridgehead atoms. The third-order valence-corrected chi connectivity index (χ3v) is 6.75. The van der Waals surface area contributed by atoms with Crippen LogP contribution in [0.15, 0.2) is 0 Å². The first kappa shape index (κ1) is 12.9. The van der Waals surface area contributed by atoms with E-state index in [0.29, 0.717) is 11.0 Å². The van der Waals surface area contributed by atoms with Crippen LogP contribution in [0.4, 0.5) is 0 Å². The van der Waals surface area contributed by atoms with Gasteiger partial charge in [-0.3, -0.25) is 4.90 Å². The van der Waals surface area contributed by atoms with Crippen LogP contribution in [0.1, 0.15) is 58.8 Å². The molecule has 2 nitrogen and oxygen atoms in total. The second kappa shape index (κ2) is 4.49. The van der Waals surface area contributed by atoms with E-state index in [4.69, 9.17) is 5.73 Å². The van der Waals surface area contributed by atoms with Crippen LogP contribution in [0.3, 0.4) is 0 Å². The van der Waals surface area contributed by atoms with E-state index in [9.17, 15) is 0 Å². The molecule has 18 heavy (non-hydrogen) atoms. The predicted molar refractivity (Wildman–Crippen MR) is 76.4 cm³/mol. The molecule has 0 aromatic heterocycles. The lowest BCUT2D eigenvalue weighted by molar-refractivity contribution is -0.00731. The van der Waals surface area contributed by atoms with Gasteiger partial charge in [0.25, 0.3) is 0 Å². The third-order valence-electron chi connectivity index (χ3n) is 6.75. The molecule has 3 atom stereocenters. The van der Waals surface area contributed by atoms with E-state index in [1.807, 2.05) is 0 Å². The van der Waals surface area contributed by atoms with E-state index in [1.165, 1.54) is 58.0 Å². The highest BCUT2D eigenvalue weighted by atomic mass is 15.2. The molecule has 3 fully saturated rings. The molecule has 0 spiro atoms. The smallest absolute Gasteiger partial charge is 0.0362 e. The summed E-state index contributed by atoms with van der Waals surface area (Å²) in [7, 11) is 0. The summed E-state index contributed by atoms with van der Waals surface area (Å²) < 4.78 is 0. The molecular formula is C16H30N2. The monoisotopic (exact) mass is 250 g/mol. The Balaban J connectivity index is 1.71. The molecule has 1 saturated heterocycles. The molecule has 1 heterocycles. The Morgan fingerprint density at radius 1 is 1.22 bits per heavy atom. The molecule has 0 radical (unpaired) electrons. The number of nitrogens with zero attached hydrogens (tertiary/aromatic N) is 1. The molecule has 2 N–H and O–H groups in total. The number of rotatable bonds is 3. The summed E-state index contributed by atoms with van der Waals surface area (Å²) in [5.74, 6) is 1.91. The maximum absolute atomic E-state index is 6.24. The quantitative estimate of drug-likeness (QED) is 0.834. The average molecular weight is 250 g/mol. The number of piperidine rings is 1. The van der Waals surface area contributed by atoms with Crippen LogP contribution in [-0.4, -0.2) is 30.1 Å². The van der Waals surface area contributed by atoms with Crippen molar-refractivity contribution in [2.24, 2.45) is 23.0 Å². The first-order valence-corrected chi connectivity index (χ1v) is 8.07. The van der Waals surface area contributed by atoms with Gasteiger partial charge in [-0.1, -0.05) is 26.7 Å². The van der Waals surface area contributed by atoms with Crippen molar-refractivity contribution in [2.45, 2.75) is 64.3 Å². The van der Waals surface area contributed by atoms with Crippen LogP contribution < -0.4 is 5.73 Å². The summed E-state index contributed by atoms with van der Waals surface area (Å²) in [5.41, 5.74) is 7.25. The van der Waals surface area contributed by atoms with Crippen LogP contribution in [0.5, 0.6) is 0 Å². The van der Waals surface area contributed by atoms with Crippen molar-refractivity contribution < 1.29 is 0 Å². The van der Waals surface area contributed by atoms with Gasteiger partial charge in [0, 0.05) is 12.1 Å². The molecule has 2 aliphatic carbocycles. The maximum atomic E-state index is 6.24. The van der Waals surface area contributed by atoms with Gasteiger partial charge < -0.3 is 5.73 Å². The van der Waals surface area contributed by atoms with Gasteiger partial charge >= 0.3 is 0 Å². The van der Waals surface area contributed by atoms with Crippen molar-refractivity contribution >= 4 is 0 Å². The lowest BCUT2D eigenvalue weighted by Gasteiger charge is -2.51. The van der Waals surface area contributed by atoms with Crippen LogP contribution in [-0.2, 0) is 0 Å². The first-order chi connectivity index (χ1) is 8.62. The molecule has 1 aliphatic heterocycles. The van der Waals surface area contributed by atoms with Crippen LogP contribution in [0.25, 0.3) is 0 Å². The van der Waals surface area contributed by atoms with Crippen molar-refractivity contribution in [1.82, 2.24) is 4.90 Å². The Bertz CT molecular complexity index is 306. The fraction of sp³-hybridized carbons (Fsp3) is 1.00. The predicted octanol–water partition coefficient (Wildman–Crippen LogP) is 3.02. The second-order valence-electron chi connectivity index (χ2n) is 7.54. The number of nitrogens with two attached hydrogens (primary N) is 1. The molecule has 3 aliphatic rings. The van der Waals surface area contributed by atoms with Gasteiger partial charge in [-0.15, -0.1) is 0 Å². The molecule has 2 saturated carbocycles. The minimum absolute atomic E-state index is 0.401. The summed E-state index contributed by atoms with van der Waals surface area (Å²) in [6.07, 6.45) is 9.89. The number of fused-ring (bicyclic) bond motifs is 2. The fourth-order valence-corrected chi connectivity index (χ4v) is 5.03. The Morgan fingerprint density at radius 3 is 2.39 bits per heavy atom. The number of likely N-dealkylation sites (tertiary alicyclic amines) is 1. The molecule has 2 heteroatoms. The van der Waals surface area contributed by atoms with E-state index in [-0.39, 0.29) is 0 Å². The van der Waals surface area contributed by atoms with E-state index in [2.05, 4.69) is 18.7 Å². The van der Waals surface area contributed by atoms with E-state index in [1.54, 1.807) is 0 Å². The normalized spacial score (nSPS) is 43.5. The largest absolute Gasteiger partial charge is 0.329 e. The Labute approximate surface area is 112 Å². The van der Waals surface area contributed by atoms with Crippen molar-refractivity contribution in [3.05, 3.63) is 0 Å². The molecule has 3 unspecified atom stereocenters. The molecule has 104 valence electrons. The van der Waals surface area contributed by atoms with Crippen molar-refractivity contribution in [1.29, 1.82) is 0 Å². The highest BCUT2D eigenvalue weighted by molar-refractivity contribution is 5.09. The summed E-state index contributed by atoms with van der Waals surface area (Å²) in [6, 6.07) is 0. The van der Waals surface area contributed by atoms with Gasteiger partial charge in [0.2, 0.25) is 0 Å². The van der Waals surface area contributed by atoms with E-state index in [0.717, 1.165) is 18.4 Å². The summed E-state index contributed by atoms with van der Waals surface area (Å²) in [5, 5.41) is 0. The Morgan fingerprint density at radius 2 is 1.94 bits per heavy atom. The van der Waals surface area contributed by atoms with Crippen LogP contribution in [0, 0.1) is 17.3 Å². The summed E-state index contributed by atoms with van der Waals surface area (Å²) >= 11 is 0. The lowest BCUT2D eigenvalue weighted by atomic mass is 9.73. The van der Waals surface area contributed by atoms with Crippen molar-refractivity contribution in [2.75, 3.05) is 19.6 Å². The Kier molecular flexibility index (Phi) is 3.22.